The van der Waals surface area contributed by atoms with Crippen LogP contribution in [0.2, 0.25) is 0 Å². The van der Waals surface area contributed by atoms with Crippen molar-refractivity contribution in [1.29, 1.82) is 0 Å². The molecule has 2 aliphatic rings. The number of hydrogen-bond acceptors (Lipinski definition) is 4. The second kappa shape index (κ2) is 6.88. The monoisotopic (exact) mass is 304 g/mol. The maximum Gasteiger partial charge on any atom is 0.0149 e. The molecule has 2 heterocycles. The molecule has 2 aliphatic heterocycles. The van der Waals surface area contributed by atoms with Crippen LogP contribution in [-0.4, -0.2) is 46.0 Å². The van der Waals surface area contributed by atoms with Crippen molar-refractivity contribution in [1.82, 2.24) is 0 Å². The summed E-state index contributed by atoms with van der Waals surface area (Å²) in [6, 6.07) is 0. The van der Waals surface area contributed by atoms with Gasteiger partial charge < -0.3 is 0 Å². The Labute approximate surface area is 122 Å². The molecule has 1 spiro atoms. The zero-order valence-electron chi connectivity index (χ0n) is 10.2. The summed E-state index contributed by atoms with van der Waals surface area (Å²) in [5.41, 5.74) is 3.37. The van der Waals surface area contributed by atoms with Crippen LogP contribution in [-0.2, 0) is 0 Å². The fourth-order valence-electron chi connectivity index (χ4n) is 1.98. The summed E-state index contributed by atoms with van der Waals surface area (Å²) < 4.78 is 0. The zero-order chi connectivity index (χ0) is 12.1. The molecule has 96 valence electrons. The van der Waals surface area contributed by atoms with Gasteiger partial charge in [0.2, 0.25) is 0 Å². The topological polar surface area (TPSA) is 0 Å². The third-order valence-corrected chi connectivity index (χ3v) is 8.57. The lowest BCUT2D eigenvalue weighted by Gasteiger charge is -2.36. The number of thioether (sulfide) groups is 4. The van der Waals surface area contributed by atoms with E-state index < -0.39 is 0 Å². The third kappa shape index (κ3) is 4.48. The summed E-state index contributed by atoms with van der Waals surface area (Å²) in [6.45, 7) is 8.26. The van der Waals surface area contributed by atoms with Crippen LogP contribution in [0.15, 0.2) is 24.3 Å². The molecule has 2 saturated heterocycles. The lowest BCUT2D eigenvalue weighted by molar-refractivity contribution is 0.515. The van der Waals surface area contributed by atoms with Crippen molar-refractivity contribution in [2.45, 2.75) is 0 Å². The highest BCUT2D eigenvalue weighted by atomic mass is 32.2. The summed E-state index contributed by atoms with van der Waals surface area (Å²) in [4.78, 5) is 0. The van der Waals surface area contributed by atoms with Gasteiger partial charge in [-0.2, -0.15) is 47.0 Å². The van der Waals surface area contributed by atoms with Crippen LogP contribution < -0.4 is 0 Å². The standard InChI is InChI=1S/C13H20S4/c1-11-3-14-7-13(8-15-4-11)9-16-5-12(2)6-17-10-13/h1-10H2. The first kappa shape index (κ1) is 14.3. The van der Waals surface area contributed by atoms with Gasteiger partial charge in [0.15, 0.2) is 0 Å². The van der Waals surface area contributed by atoms with Gasteiger partial charge in [-0.1, -0.05) is 24.3 Å². The fraction of sp³-hybridized carbons (Fsp3) is 0.692. The lowest BCUT2D eigenvalue weighted by atomic mass is 9.99. The van der Waals surface area contributed by atoms with E-state index in [1.165, 1.54) is 34.2 Å². The Morgan fingerprint density at radius 3 is 1.24 bits per heavy atom. The van der Waals surface area contributed by atoms with Crippen LogP contribution in [0, 0.1) is 5.41 Å². The second-order valence-corrected chi connectivity index (χ2v) is 8.91. The Morgan fingerprint density at radius 1 is 0.647 bits per heavy atom. The first-order valence-corrected chi connectivity index (χ1v) is 10.5. The van der Waals surface area contributed by atoms with Gasteiger partial charge in [-0.05, 0) is 0 Å². The smallest absolute Gasteiger partial charge is 0.0149 e. The normalized spacial score (nSPS) is 27.1. The highest BCUT2D eigenvalue weighted by molar-refractivity contribution is 8.03. The van der Waals surface area contributed by atoms with Crippen molar-refractivity contribution in [3.63, 3.8) is 0 Å². The second-order valence-electron chi connectivity index (χ2n) is 4.97. The van der Waals surface area contributed by atoms with Crippen LogP contribution in [0.5, 0.6) is 0 Å². The van der Waals surface area contributed by atoms with E-state index in [0.717, 1.165) is 23.0 Å². The highest BCUT2D eigenvalue weighted by Crippen LogP contribution is 2.39. The molecule has 2 fully saturated rings. The molecule has 0 radical (unpaired) electrons. The molecule has 0 unspecified atom stereocenters. The molecule has 0 aromatic carbocycles. The molecule has 0 aliphatic carbocycles. The first-order valence-electron chi connectivity index (χ1n) is 5.84. The van der Waals surface area contributed by atoms with Crippen molar-refractivity contribution in [2.24, 2.45) is 5.41 Å². The SMILES string of the molecule is C=C1CSCC2(CSC1)CSCC(=C)CSC2. The average molecular weight is 305 g/mol. The Hall–Kier alpha value is 0.880. The summed E-state index contributed by atoms with van der Waals surface area (Å²) in [5.74, 6) is 9.90. The van der Waals surface area contributed by atoms with Gasteiger partial charge >= 0.3 is 0 Å². The molecule has 0 saturated carbocycles. The van der Waals surface area contributed by atoms with Crippen molar-refractivity contribution in [2.75, 3.05) is 46.0 Å². The van der Waals surface area contributed by atoms with E-state index in [1.807, 2.05) is 0 Å². The van der Waals surface area contributed by atoms with E-state index in [1.54, 1.807) is 0 Å². The van der Waals surface area contributed by atoms with E-state index in [2.05, 4.69) is 60.2 Å². The third-order valence-electron chi connectivity index (χ3n) is 2.86. The van der Waals surface area contributed by atoms with E-state index in [-0.39, 0.29) is 0 Å². The highest BCUT2D eigenvalue weighted by Gasteiger charge is 2.32. The average Bonchev–Trinajstić information content (AvgIpc) is 2.23. The van der Waals surface area contributed by atoms with Crippen LogP contribution >= 0.6 is 47.0 Å². The maximum absolute atomic E-state index is 4.13. The summed E-state index contributed by atoms with van der Waals surface area (Å²) in [6.07, 6.45) is 0. The molecule has 17 heavy (non-hydrogen) atoms. The molecule has 0 nitrogen and oxygen atoms in total. The van der Waals surface area contributed by atoms with Gasteiger partial charge in [-0.25, -0.2) is 0 Å². The predicted molar refractivity (Wildman–Crippen MR) is 90.0 cm³/mol. The lowest BCUT2D eigenvalue weighted by Crippen LogP contribution is -2.35. The minimum atomic E-state index is 0.548. The predicted octanol–water partition coefficient (Wildman–Crippen LogP) is 4.05. The van der Waals surface area contributed by atoms with Crippen LogP contribution in [0.25, 0.3) is 0 Å². The Balaban J connectivity index is 1.95. The summed E-state index contributed by atoms with van der Waals surface area (Å²) in [7, 11) is 0. The molecule has 0 aromatic heterocycles. The van der Waals surface area contributed by atoms with Crippen LogP contribution in [0.1, 0.15) is 0 Å². The minimum absolute atomic E-state index is 0.548. The minimum Gasteiger partial charge on any atom is -0.157 e. The van der Waals surface area contributed by atoms with Crippen molar-refractivity contribution < 1.29 is 0 Å². The largest absolute Gasteiger partial charge is 0.157 e. The van der Waals surface area contributed by atoms with Gasteiger partial charge in [-0.15, -0.1) is 0 Å². The van der Waals surface area contributed by atoms with Gasteiger partial charge in [-0.3, -0.25) is 0 Å². The Bertz CT molecular complexity index is 240. The Morgan fingerprint density at radius 2 is 0.941 bits per heavy atom. The summed E-state index contributed by atoms with van der Waals surface area (Å²) >= 11 is 8.39. The van der Waals surface area contributed by atoms with Gasteiger partial charge in [0.05, 0.1) is 0 Å². The quantitative estimate of drug-likeness (QED) is 0.619. The summed E-state index contributed by atoms with van der Waals surface area (Å²) in [5, 5.41) is 0. The molecule has 0 N–H and O–H groups in total. The molecular formula is C13H20S4. The molecule has 4 heteroatoms. The van der Waals surface area contributed by atoms with Gasteiger partial charge in [0.25, 0.3) is 0 Å². The van der Waals surface area contributed by atoms with Gasteiger partial charge in [0.1, 0.15) is 0 Å². The molecular weight excluding hydrogens is 284 g/mol. The van der Waals surface area contributed by atoms with E-state index >= 15 is 0 Å². The fourth-order valence-corrected chi connectivity index (χ4v) is 7.94. The van der Waals surface area contributed by atoms with Crippen molar-refractivity contribution in [3.05, 3.63) is 24.3 Å². The number of rotatable bonds is 0. The van der Waals surface area contributed by atoms with Crippen LogP contribution in [0.3, 0.4) is 0 Å². The Kier molecular flexibility index (Phi) is 5.78. The molecule has 0 amide bonds. The maximum atomic E-state index is 4.13. The van der Waals surface area contributed by atoms with Crippen LogP contribution in [0.4, 0.5) is 0 Å². The van der Waals surface area contributed by atoms with Gasteiger partial charge in [0, 0.05) is 51.4 Å². The van der Waals surface area contributed by atoms with Crippen molar-refractivity contribution in [3.8, 4) is 0 Å². The zero-order valence-corrected chi connectivity index (χ0v) is 13.5. The van der Waals surface area contributed by atoms with E-state index in [0.29, 0.717) is 5.41 Å². The van der Waals surface area contributed by atoms with Crippen molar-refractivity contribution >= 4 is 47.0 Å². The van der Waals surface area contributed by atoms with E-state index in [9.17, 15) is 0 Å². The molecule has 0 bridgehead atoms. The number of hydrogen-bond donors (Lipinski definition) is 0. The molecule has 2 rings (SSSR count). The molecule has 0 atom stereocenters. The molecule has 0 aromatic rings. The van der Waals surface area contributed by atoms with E-state index in [4.69, 9.17) is 0 Å². The first-order chi connectivity index (χ1) is 8.20.